The highest BCUT2D eigenvalue weighted by molar-refractivity contribution is 5.96. The first-order valence-corrected chi connectivity index (χ1v) is 7.77. The Morgan fingerprint density at radius 2 is 1.78 bits per heavy atom. The van der Waals surface area contributed by atoms with Gasteiger partial charge < -0.3 is 10.1 Å². The highest BCUT2D eigenvalue weighted by Gasteiger charge is 2.17. The largest absolute Gasteiger partial charge is 0.495 e. The number of hydrogen-bond acceptors (Lipinski definition) is 3. The number of carbonyl (C=O) groups is 1. The Bertz CT molecular complexity index is 656. The Morgan fingerprint density at radius 3 is 2.43 bits per heavy atom. The molecule has 2 rings (SSSR count). The van der Waals surface area contributed by atoms with Gasteiger partial charge in [-0.3, -0.25) is 10.1 Å². The number of aryl methyl sites for hydroxylation is 1. The molecule has 2 aromatic carbocycles. The van der Waals surface area contributed by atoms with Crippen molar-refractivity contribution in [3.63, 3.8) is 0 Å². The van der Waals surface area contributed by atoms with Crippen molar-refractivity contribution in [2.24, 2.45) is 0 Å². The number of carbonyl (C=O) groups excluding carboxylic acids is 1. The minimum atomic E-state index is -0.324. The van der Waals surface area contributed by atoms with Crippen LogP contribution in [0.5, 0.6) is 5.75 Å². The van der Waals surface area contributed by atoms with Crippen molar-refractivity contribution in [2.45, 2.75) is 32.9 Å². The molecule has 122 valence electrons. The Hall–Kier alpha value is -2.33. The lowest BCUT2D eigenvalue weighted by Gasteiger charge is -2.20. The molecule has 0 bridgehead atoms. The fourth-order valence-electron chi connectivity index (χ4n) is 2.45. The number of anilines is 1. The second kappa shape index (κ2) is 7.79. The lowest BCUT2D eigenvalue weighted by molar-refractivity contribution is -0.117. The van der Waals surface area contributed by atoms with Crippen LogP contribution in [0.3, 0.4) is 0 Å². The predicted octanol–water partition coefficient (Wildman–Crippen LogP) is 3.68. The van der Waals surface area contributed by atoms with Gasteiger partial charge in [-0.1, -0.05) is 36.4 Å². The van der Waals surface area contributed by atoms with E-state index in [2.05, 4.69) is 10.6 Å². The molecule has 4 heteroatoms. The maximum atomic E-state index is 12.4. The molecule has 0 saturated heterocycles. The molecule has 2 atom stereocenters. The summed E-state index contributed by atoms with van der Waals surface area (Å²) in [6.45, 7) is 5.89. The van der Waals surface area contributed by atoms with E-state index in [4.69, 9.17) is 4.74 Å². The summed E-state index contributed by atoms with van der Waals surface area (Å²) in [5.74, 6) is 0.573. The molecule has 0 radical (unpaired) electrons. The first-order valence-electron chi connectivity index (χ1n) is 7.77. The van der Waals surface area contributed by atoms with Gasteiger partial charge in [-0.05, 0) is 44.0 Å². The summed E-state index contributed by atoms with van der Waals surface area (Å²) in [6.07, 6.45) is 0. The third-order valence-corrected chi connectivity index (χ3v) is 3.81. The molecule has 23 heavy (non-hydrogen) atoms. The van der Waals surface area contributed by atoms with Crippen molar-refractivity contribution in [2.75, 3.05) is 12.4 Å². The van der Waals surface area contributed by atoms with Crippen LogP contribution in [0.2, 0.25) is 0 Å². The minimum Gasteiger partial charge on any atom is -0.495 e. The van der Waals surface area contributed by atoms with Crippen LogP contribution >= 0.6 is 0 Å². The van der Waals surface area contributed by atoms with E-state index in [9.17, 15) is 4.79 Å². The summed E-state index contributed by atoms with van der Waals surface area (Å²) in [6, 6.07) is 15.6. The summed E-state index contributed by atoms with van der Waals surface area (Å²) < 4.78 is 5.30. The quantitative estimate of drug-likeness (QED) is 0.855. The molecule has 2 N–H and O–H groups in total. The first kappa shape index (κ1) is 17.0. The van der Waals surface area contributed by atoms with E-state index < -0.39 is 0 Å². The van der Waals surface area contributed by atoms with Gasteiger partial charge >= 0.3 is 0 Å². The summed E-state index contributed by atoms with van der Waals surface area (Å²) in [7, 11) is 1.60. The second-order valence-corrected chi connectivity index (χ2v) is 5.71. The van der Waals surface area contributed by atoms with E-state index in [0.717, 1.165) is 11.1 Å². The number of benzene rings is 2. The number of amides is 1. The highest BCUT2D eigenvalue weighted by atomic mass is 16.5. The number of methoxy groups -OCH3 is 1. The van der Waals surface area contributed by atoms with Crippen LogP contribution < -0.4 is 15.4 Å². The lowest BCUT2D eigenvalue weighted by atomic mass is 10.1. The molecule has 0 aromatic heterocycles. The molecule has 0 fully saturated rings. The van der Waals surface area contributed by atoms with Crippen LogP contribution in [-0.4, -0.2) is 19.1 Å². The number of rotatable bonds is 6. The monoisotopic (exact) mass is 312 g/mol. The minimum absolute atomic E-state index is 0.0864. The maximum Gasteiger partial charge on any atom is 0.241 e. The molecule has 0 aliphatic heterocycles. The van der Waals surface area contributed by atoms with E-state index in [0.29, 0.717) is 11.4 Å². The number of ether oxygens (including phenoxy) is 1. The molecule has 0 aliphatic rings. The van der Waals surface area contributed by atoms with Crippen molar-refractivity contribution in [1.82, 2.24) is 5.32 Å². The van der Waals surface area contributed by atoms with Crippen LogP contribution in [0.15, 0.2) is 48.5 Å². The number of hydrogen-bond donors (Lipinski definition) is 2. The van der Waals surface area contributed by atoms with E-state index in [1.165, 1.54) is 0 Å². The summed E-state index contributed by atoms with van der Waals surface area (Å²) >= 11 is 0. The van der Waals surface area contributed by atoms with Crippen LogP contribution in [0.25, 0.3) is 0 Å². The van der Waals surface area contributed by atoms with Crippen molar-refractivity contribution in [1.29, 1.82) is 0 Å². The summed E-state index contributed by atoms with van der Waals surface area (Å²) in [4.78, 5) is 12.4. The zero-order valence-electron chi connectivity index (χ0n) is 14.1. The van der Waals surface area contributed by atoms with Gasteiger partial charge in [0.25, 0.3) is 0 Å². The Labute approximate surface area is 137 Å². The van der Waals surface area contributed by atoms with Gasteiger partial charge in [0.05, 0.1) is 18.8 Å². The van der Waals surface area contributed by atoms with Crippen LogP contribution in [0.4, 0.5) is 5.69 Å². The van der Waals surface area contributed by atoms with E-state index in [1.54, 1.807) is 7.11 Å². The Kier molecular flexibility index (Phi) is 5.77. The molecular weight excluding hydrogens is 288 g/mol. The summed E-state index contributed by atoms with van der Waals surface area (Å²) in [5, 5.41) is 6.25. The van der Waals surface area contributed by atoms with Gasteiger partial charge in [0.15, 0.2) is 0 Å². The predicted molar refractivity (Wildman–Crippen MR) is 93.8 cm³/mol. The first-order chi connectivity index (χ1) is 11.0. The van der Waals surface area contributed by atoms with Crippen molar-refractivity contribution in [3.8, 4) is 5.75 Å². The average Bonchev–Trinajstić information content (AvgIpc) is 2.55. The molecule has 0 saturated carbocycles. The molecule has 0 unspecified atom stereocenters. The number of nitrogens with one attached hydrogen (secondary N) is 2. The molecule has 0 heterocycles. The Morgan fingerprint density at radius 1 is 1.09 bits per heavy atom. The topological polar surface area (TPSA) is 50.4 Å². The molecule has 0 aliphatic carbocycles. The van der Waals surface area contributed by atoms with Gasteiger partial charge in [0.1, 0.15) is 5.75 Å². The van der Waals surface area contributed by atoms with Gasteiger partial charge in [-0.25, -0.2) is 0 Å². The highest BCUT2D eigenvalue weighted by Crippen LogP contribution is 2.25. The third kappa shape index (κ3) is 4.57. The van der Waals surface area contributed by atoms with Gasteiger partial charge in [-0.15, -0.1) is 0 Å². The molecule has 2 aromatic rings. The van der Waals surface area contributed by atoms with Crippen LogP contribution in [0, 0.1) is 6.92 Å². The fraction of sp³-hybridized carbons (Fsp3) is 0.316. The molecule has 0 spiro atoms. The standard InChI is InChI=1S/C19H24N2O2/c1-13-10-11-18(23-4)17(12-13)21-19(22)15(3)20-14(2)16-8-6-5-7-9-16/h5-12,14-15,20H,1-4H3,(H,21,22)/t14-,15+/m1/s1. The Balaban J connectivity index is 2.02. The van der Waals surface area contributed by atoms with Crippen LogP contribution in [0.1, 0.15) is 31.0 Å². The normalized spacial score (nSPS) is 13.2. The van der Waals surface area contributed by atoms with Crippen LogP contribution in [-0.2, 0) is 4.79 Å². The van der Waals surface area contributed by atoms with Gasteiger partial charge in [0.2, 0.25) is 5.91 Å². The lowest BCUT2D eigenvalue weighted by Crippen LogP contribution is -2.39. The smallest absolute Gasteiger partial charge is 0.241 e. The zero-order valence-corrected chi connectivity index (χ0v) is 14.1. The van der Waals surface area contributed by atoms with E-state index in [-0.39, 0.29) is 18.0 Å². The van der Waals surface area contributed by atoms with Crippen molar-refractivity contribution >= 4 is 11.6 Å². The van der Waals surface area contributed by atoms with Gasteiger partial charge in [0, 0.05) is 6.04 Å². The molecule has 4 nitrogen and oxygen atoms in total. The van der Waals surface area contributed by atoms with E-state index >= 15 is 0 Å². The molecular formula is C19H24N2O2. The SMILES string of the molecule is COc1ccc(C)cc1NC(=O)[C@H](C)N[C@H](C)c1ccccc1. The van der Waals surface area contributed by atoms with Crippen molar-refractivity contribution < 1.29 is 9.53 Å². The average molecular weight is 312 g/mol. The van der Waals surface area contributed by atoms with Crippen molar-refractivity contribution in [3.05, 3.63) is 59.7 Å². The maximum absolute atomic E-state index is 12.4. The second-order valence-electron chi connectivity index (χ2n) is 5.71. The molecule has 1 amide bonds. The summed E-state index contributed by atoms with van der Waals surface area (Å²) in [5.41, 5.74) is 2.91. The third-order valence-electron chi connectivity index (χ3n) is 3.81. The fourth-order valence-corrected chi connectivity index (χ4v) is 2.45. The van der Waals surface area contributed by atoms with Gasteiger partial charge in [-0.2, -0.15) is 0 Å². The van der Waals surface area contributed by atoms with E-state index in [1.807, 2.05) is 69.3 Å². The zero-order chi connectivity index (χ0) is 16.8.